The Morgan fingerprint density at radius 3 is 2.31 bits per heavy atom. The molecule has 0 spiro atoms. The average Bonchev–Trinajstić information content (AvgIpc) is 2.50. The van der Waals surface area contributed by atoms with Crippen molar-refractivity contribution in [1.29, 1.82) is 0 Å². The highest BCUT2D eigenvalue weighted by molar-refractivity contribution is 6.80. The molecule has 1 fully saturated rings. The minimum absolute atomic E-state index is 0.0322. The summed E-state index contributed by atoms with van der Waals surface area (Å²) in [4.78, 5) is 0. The molecule has 0 aromatic heterocycles. The molecule has 2 N–H and O–H groups in total. The molecule has 96 valence electrons. The zero-order chi connectivity index (χ0) is 12.6. The van der Waals surface area contributed by atoms with Crippen molar-refractivity contribution in [1.82, 2.24) is 5.32 Å². The molecule has 2 atom stereocenters. The van der Waals surface area contributed by atoms with E-state index in [9.17, 15) is 5.11 Å². The van der Waals surface area contributed by atoms with E-state index in [2.05, 4.69) is 46.1 Å². The molecule has 16 heavy (non-hydrogen) atoms. The number of aliphatic hydroxyl groups is 1. The van der Waals surface area contributed by atoms with Crippen LogP contribution in [-0.4, -0.2) is 31.4 Å². The molecular formula is C13H29NOSi. The van der Waals surface area contributed by atoms with Crippen LogP contribution in [0, 0.1) is 0 Å². The van der Waals surface area contributed by atoms with Gasteiger partial charge in [-0.2, -0.15) is 0 Å². The zero-order valence-corrected chi connectivity index (χ0v) is 12.9. The maximum Gasteiger partial charge on any atom is 0.0695 e. The number of nitrogens with one attached hydrogen (secondary N) is 1. The predicted octanol–water partition coefficient (Wildman–Crippen LogP) is 3.00. The van der Waals surface area contributed by atoms with E-state index in [4.69, 9.17) is 0 Å². The second kappa shape index (κ2) is 4.43. The van der Waals surface area contributed by atoms with Gasteiger partial charge in [0.15, 0.2) is 0 Å². The average molecular weight is 243 g/mol. The van der Waals surface area contributed by atoms with Crippen LogP contribution in [0.15, 0.2) is 0 Å². The number of hydrogen-bond acceptors (Lipinski definition) is 2. The summed E-state index contributed by atoms with van der Waals surface area (Å²) in [5.41, 5.74) is -0.0322. The van der Waals surface area contributed by atoms with Crippen molar-refractivity contribution in [3.05, 3.63) is 0 Å². The normalized spacial score (nSPS) is 29.4. The van der Waals surface area contributed by atoms with Gasteiger partial charge in [0.2, 0.25) is 0 Å². The van der Waals surface area contributed by atoms with Crippen LogP contribution in [0.25, 0.3) is 0 Å². The van der Waals surface area contributed by atoms with Crippen LogP contribution in [0.4, 0.5) is 0 Å². The predicted molar refractivity (Wildman–Crippen MR) is 73.7 cm³/mol. The van der Waals surface area contributed by atoms with Crippen molar-refractivity contribution in [2.45, 2.75) is 76.4 Å². The summed E-state index contributed by atoms with van der Waals surface area (Å²) in [6.07, 6.45) is 2.13. The third-order valence-electron chi connectivity index (χ3n) is 4.87. The minimum Gasteiger partial charge on any atom is -0.392 e. The lowest BCUT2D eigenvalue weighted by molar-refractivity contribution is 0.0962. The lowest BCUT2D eigenvalue weighted by Crippen LogP contribution is -2.52. The van der Waals surface area contributed by atoms with Crippen LogP contribution in [0.2, 0.25) is 24.2 Å². The van der Waals surface area contributed by atoms with Gasteiger partial charge in [-0.15, -0.1) is 0 Å². The maximum atomic E-state index is 10.5. The topological polar surface area (TPSA) is 32.3 Å². The number of aliphatic hydroxyl groups excluding tert-OH is 1. The second-order valence-electron chi connectivity index (χ2n) is 7.30. The van der Waals surface area contributed by atoms with E-state index in [0.717, 1.165) is 19.0 Å². The van der Waals surface area contributed by atoms with Crippen LogP contribution in [0.1, 0.15) is 40.5 Å². The first-order valence-electron chi connectivity index (χ1n) is 6.52. The Morgan fingerprint density at radius 2 is 1.94 bits per heavy atom. The monoisotopic (exact) mass is 243 g/mol. The molecule has 0 amide bonds. The summed E-state index contributed by atoms with van der Waals surface area (Å²) >= 11 is 0. The highest BCUT2D eigenvalue weighted by Crippen LogP contribution is 2.41. The first-order valence-corrected chi connectivity index (χ1v) is 9.72. The molecule has 0 bridgehead atoms. The second-order valence-corrected chi connectivity index (χ2v) is 13.0. The lowest BCUT2D eigenvalue weighted by atomic mass is 9.94. The number of rotatable bonds is 3. The van der Waals surface area contributed by atoms with Crippen LogP contribution < -0.4 is 5.32 Å². The Kier molecular flexibility index (Phi) is 3.93. The summed E-state index contributed by atoms with van der Waals surface area (Å²) < 4.78 is 0. The van der Waals surface area contributed by atoms with Crippen LogP contribution in [-0.2, 0) is 0 Å². The third-order valence-corrected chi connectivity index (χ3v) is 10.3. The standard InChI is InChI=1S/C13H29NOSi/c1-12(2,3)16(5,6)10-11(15)13(4)8-7-9-14-13/h11,14-15H,7-10H2,1-6H3/t11-,13-/m1/s1. The van der Waals surface area contributed by atoms with Crippen molar-refractivity contribution < 1.29 is 5.11 Å². The lowest BCUT2D eigenvalue weighted by Gasteiger charge is -2.42. The smallest absolute Gasteiger partial charge is 0.0695 e. The van der Waals surface area contributed by atoms with Gasteiger partial charge in [-0.05, 0) is 37.4 Å². The van der Waals surface area contributed by atoms with Crippen LogP contribution in [0.3, 0.4) is 0 Å². The van der Waals surface area contributed by atoms with Crippen LogP contribution >= 0.6 is 0 Å². The molecule has 0 aromatic carbocycles. The Bertz CT molecular complexity index is 239. The molecule has 3 heteroatoms. The molecule has 0 aromatic rings. The van der Waals surface area contributed by atoms with Gasteiger partial charge in [-0.25, -0.2) is 0 Å². The molecule has 1 aliphatic rings. The Morgan fingerprint density at radius 1 is 1.38 bits per heavy atom. The highest BCUT2D eigenvalue weighted by atomic mass is 28.3. The van der Waals surface area contributed by atoms with Crippen molar-refractivity contribution in [3.63, 3.8) is 0 Å². The number of hydrogen-bond donors (Lipinski definition) is 2. The van der Waals surface area contributed by atoms with E-state index in [1.54, 1.807) is 0 Å². The zero-order valence-electron chi connectivity index (χ0n) is 11.9. The third kappa shape index (κ3) is 2.87. The summed E-state index contributed by atoms with van der Waals surface area (Å²) in [6, 6.07) is 1.00. The Labute approximate surface area is 102 Å². The van der Waals surface area contributed by atoms with E-state index in [1.165, 1.54) is 6.42 Å². The van der Waals surface area contributed by atoms with Crippen molar-refractivity contribution in [3.8, 4) is 0 Å². The first kappa shape index (κ1) is 14.2. The van der Waals surface area contributed by atoms with E-state index < -0.39 is 8.07 Å². The summed E-state index contributed by atoms with van der Waals surface area (Å²) in [7, 11) is -1.37. The molecule has 1 rings (SSSR count). The molecule has 0 radical (unpaired) electrons. The van der Waals surface area contributed by atoms with E-state index in [0.29, 0.717) is 5.04 Å². The van der Waals surface area contributed by atoms with Gasteiger partial charge in [-0.1, -0.05) is 33.9 Å². The Hall–Kier alpha value is 0.137. The molecule has 0 saturated carbocycles. The van der Waals surface area contributed by atoms with Crippen molar-refractivity contribution in [2.24, 2.45) is 0 Å². The molecule has 0 aliphatic carbocycles. The van der Waals surface area contributed by atoms with Gasteiger partial charge in [0.25, 0.3) is 0 Å². The molecule has 0 unspecified atom stereocenters. The van der Waals surface area contributed by atoms with Gasteiger partial charge in [0.1, 0.15) is 0 Å². The highest BCUT2D eigenvalue weighted by Gasteiger charge is 2.43. The first-order chi connectivity index (χ1) is 7.08. The summed E-state index contributed by atoms with van der Waals surface area (Å²) in [5, 5.41) is 14.3. The fourth-order valence-corrected chi connectivity index (χ4v) is 4.25. The fraction of sp³-hybridized carbons (Fsp3) is 1.00. The van der Waals surface area contributed by atoms with Gasteiger partial charge in [-0.3, -0.25) is 0 Å². The van der Waals surface area contributed by atoms with Gasteiger partial charge < -0.3 is 10.4 Å². The van der Waals surface area contributed by atoms with Gasteiger partial charge in [0.05, 0.1) is 14.2 Å². The van der Waals surface area contributed by atoms with E-state index in [1.807, 2.05) is 0 Å². The van der Waals surface area contributed by atoms with Gasteiger partial charge in [0, 0.05) is 5.54 Å². The van der Waals surface area contributed by atoms with Crippen molar-refractivity contribution >= 4 is 8.07 Å². The molecule has 1 saturated heterocycles. The Balaban J connectivity index is 2.67. The van der Waals surface area contributed by atoms with Gasteiger partial charge >= 0.3 is 0 Å². The molecule has 2 nitrogen and oxygen atoms in total. The van der Waals surface area contributed by atoms with E-state index >= 15 is 0 Å². The quantitative estimate of drug-likeness (QED) is 0.747. The minimum atomic E-state index is -1.37. The summed E-state index contributed by atoms with van der Waals surface area (Å²) in [5.74, 6) is 0. The molecule has 1 heterocycles. The fourth-order valence-electron chi connectivity index (χ4n) is 2.22. The maximum absolute atomic E-state index is 10.5. The van der Waals surface area contributed by atoms with Crippen molar-refractivity contribution in [2.75, 3.05) is 6.54 Å². The largest absolute Gasteiger partial charge is 0.392 e. The molecule has 1 aliphatic heterocycles. The SMILES string of the molecule is CC(C)(C)[Si](C)(C)C[C@@H](O)[C@@]1(C)CCCN1. The van der Waals surface area contributed by atoms with E-state index in [-0.39, 0.29) is 11.6 Å². The molecular weight excluding hydrogens is 214 g/mol. The van der Waals surface area contributed by atoms with Crippen LogP contribution in [0.5, 0.6) is 0 Å². The summed E-state index contributed by atoms with van der Waals surface area (Å²) in [6.45, 7) is 15.0.